The fourth-order valence-corrected chi connectivity index (χ4v) is 3.32. The van der Waals surface area contributed by atoms with Gasteiger partial charge in [-0.25, -0.2) is 4.98 Å². The quantitative estimate of drug-likeness (QED) is 0.913. The van der Waals surface area contributed by atoms with Crippen molar-refractivity contribution in [1.82, 2.24) is 15.2 Å². The number of thiazole rings is 1. The topological polar surface area (TPSA) is 28.2 Å². The van der Waals surface area contributed by atoms with Gasteiger partial charge in [-0.3, -0.25) is 4.90 Å². The molecule has 0 bridgehead atoms. The molecule has 2 unspecified atom stereocenters. The van der Waals surface area contributed by atoms with Crippen LogP contribution in [0.15, 0.2) is 5.38 Å². The van der Waals surface area contributed by atoms with E-state index in [0.29, 0.717) is 6.04 Å². The van der Waals surface area contributed by atoms with E-state index in [9.17, 15) is 0 Å². The molecule has 0 spiro atoms. The van der Waals surface area contributed by atoms with Crippen molar-refractivity contribution in [2.75, 3.05) is 13.1 Å². The molecule has 3 nitrogen and oxygen atoms in total. The Balaban J connectivity index is 2.08. The number of nitrogens with zero attached hydrogens (tertiary/aromatic N) is 2. The van der Waals surface area contributed by atoms with Crippen molar-refractivity contribution in [3.05, 3.63) is 16.1 Å². The third kappa shape index (κ3) is 3.31. The third-order valence-corrected chi connectivity index (χ3v) is 5.03. The van der Waals surface area contributed by atoms with Gasteiger partial charge in [-0.15, -0.1) is 11.3 Å². The van der Waals surface area contributed by atoms with Crippen LogP contribution >= 0.6 is 11.3 Å². The van der Waals surface area contributed by atoms with E-state index < -0.39 is 0 Å². The largest absolute Gasteiger partial charge is 0.310 e. The van der Waals surface area contributed by atoms with Crippen LogP contribution in [0.2, 0.25) is 0 Å². The van der Waals surface area contributed by atoms with Gasteiger partial charge in [0.15, 0.2) is 0 Å². The molecule has 1 aromatic rings. The molecule has 0 aliphatic carbocycles. The molecule has 0 radical (unpaired) electrons. The molecule has 102 valence electrons. The van der Waals surface area contributed by atoms with Gasteiger partial charge in [0.1, 0.15) is 5.01 Å². The lowest BCUT2D eigenvalue weighted by Gasteiger charge is -2.34. The van der Waals surface area contributed by atoms with Crippen LogP contribution < -0.4 is 5.32 Å². The highest BCUT2D eigenvalue weighted by Gasteiger charge is 2.30. The predicted molar refractivity (Wildman–Crippen MR) is 78.0 cm³/mol. The fourth-order valence-electron chi connectivity index (χ4n) is 2.52. The van der Waals surface area contributed by atoms with Gasteiger partial charge < -0.3 is 5.32 Å². The van der Waals surface area contributed by atoms with Gasteiger partial charge in [-0.05, 0) is 40.2 Å². The highest BCUT2D eigenvalue weighted by Crippen LogP contribution is 2.22. The lowest BCUT2D eigenvalue weighted by molar-refractivity contribution is 0.163. The van der Waals surface area contributed by atoms with Crippen molar-refractivity contribution in [1.29, 1.82) is 0 Å². The summed E-state index contributed by atoms with van der Waals surface area (Å²) in [6.07, 6.45) is 2.40. The molecule has 1 aliphatic rings. The summed E-state index contributed by atoms with van der Waals surface area (Å²) in [6.45, 7) is 12.3. The van der Waals surface area contributed by atoms with Gasteiger partial charge >= 0.3 is 0 Å². The summed E-state index contributed by atoms with van der Waals surface area (Å²) < 4.78 is 0. The summed E-state index contributed by atoms with van der Waals surface area (Å²) in [5, 5.41) is 7.10. The third-order valence-electron chi connectivity index (χ3n) is 4.07. The molecule has 1 fully saturated rings. The first-order chi connectivity index (χ1) is 8.52. The Bertz CT molecular complexity index is 390. The predicted octanol–water partition coefficient (Wildman–Crippen LogP) is 2.80. The van der Waals surface area contributed by atoms with Gasteiger partial charge in [-0.1, -0.05) is 6.92 Å². The van der Waals surface area contributed by atoms with Gasteiger partial charge in [-0.2, -0.15) is 0 Å². The van der Waals surface area contributed by atoms with Crippen LogP contribution in [0.4, 0.5) is 0 Å². The van der Waals surface area contributed by atoms with E-state index in [4.69, 9.17) is 0 Å². The molecule has 0 saturated carbocycles. The molecule has 1 saturated heterocycles. The van der Waals surface area contributed by atoms with E-state index in [0.717, 1.165) is 25.3 Å². The average Bonchev–Trinajstić information content (AvgIpc) is 2.67. The zero-order valence-electron chi connectivity index (χ0n) is 12.0. The minimum absolute atomic E-state index is 0.247. The van der Waals surface area contributed by atoms with E-state index in [1.165, 1.54) is 17.8 Å². The first-order valence-corrected chi connectivity index (χ1v) is 7.80. The first kappa shape index (κ1) is 14.0. The summed E-state index contributed by atoms with van der Waals surface area (Å²) in [5.41, 5.74) is 1.39. The summed E-state index contributed by atoms with van der Waals surface area (Å²) >= 11 is 1.79. The molecule has 18 heavy (non-hydrogen) atoms. The number of aryl methyl sites for hydroxylation is 1. The van der Waals surface area contributed by atoms with Crippen LogP contribution in [0.5, 0.6) is 0 Å². The zero-order chi connectivity index (χ0) is 13.2. The van der Waals surface area contributed by atoms with Crippen LogP contribution in [0.3, 0.4) is 0 Å². The van der Waals surface area contributed by atoms with Crippen LogP contribution in [-0.4, -0.2) is 34.6 Å². The standard InChI is InChI=1S/C14H25N3S/c1-5-14(4)10-17(12(3)6-7-15-14)8-13-16-11(2)9-18-13/h9,12,15H,5-8,10H2,1-4H3. The Morgan fingerprint density at radius 1 is 1.61 bits per heavy atom. The number of aromatic nitrogens is 1. The maximum atomic E-state index is 4.60. The number of hydrogen-bond acceptors (Lipinski definition) is 4. The molecule has 4 heteroatoms. The Hall–Kier alpha value is -0.450. The minimum Gasteiger partial charge on any atom is -0.310 e. The van der Waals surface area contributed by atoms with Crippen LogP contribution in [-0.2, 0) is 6.54 Å². The summed E-state index contributed by atoms with van der Waals surface area (Å²) in [7, 11) is 0. The second-order valence-corrected chi connectivity index (χ2v) is 6.71. The lowest BCUT2D eigenvalue weighted by atomic mass is 9.98. The second kappa shape index (κ2) is 5.68. The van der Waals surface area contributed by atoms with E-state index in [-0.39, 0.29) is 5.54 Å². The molecular weight excluding hydrogens is 242 g/mol. The lowest BCUT2D eigenvalue weighted by Crippen LogP contribution is -2.49. The zero-order valence-corrected chi connectivity index (χ0v) is 12.8. The molecule has 0 aromatic carbocycles. The average molecular weight is 267 g/mol. The highest BCUT2D eigenvalue weighted by atomic mass is 32.1. The van der Waals surface area contributed by atoms with Crippen molar-refractivity contribution < 1.29 is 0 Å². The Morgan fingerprint density at radius 2 is 2.39 bits per heavy atom. The molecule has 1 aromatic heterocycles. The SMILES string of the molecule is CCC1(C)CN(Cc2nc(C)cs2)C(C)CCN1. The number of hydrogen-bond donors (Lipinski definition) is 1. The summed E-state index contributed by atoms with van der Waals surface area (Å²) in [4.78, 5) is 7.18. The van der Waals surface area contributed by atoms with E-state index in [2.05, 4.69) is 48.3 Å². The van der Waals surface area contributed by atoms with Crippen molar-refractivity contribution in [2.24, 2.45) is 0 Å². The molecular formula is C14H25N3S. The van der Waals surface area contributed by atoms with Gasteiger partial charge in [0.05, 0.1) is 6.54 Å². The van der Waals surface area contributed by atoms with E-state index in [1.807, 2.05) is 0 Å². The monoisotopic (exact) mass is 267 g/mol. The molecule has 2 atom stereocenters. The first-order valence-electron chi connectivity index (χ1n) is 6.92. The summed E-state index contributed by atoms with van der Waals surface area (Å²) in [6, 6.07) is 0.634. The van der Waals surface area contributed by atoms with Crippen LogP contribution in [0.25, 0.3) is 0 Å². The van der Waals surface area contributed by atoms with Crippen molar-refractivity contribution in [3.63, 3.8) is 0 Å². The van der Waals surface area contributed by atoms with E-state index >= 15 is 0 Å². The van der Waals surface area contributed by atoms with Crippen LogP contribution in [0, 0.1) is 6.92 Å². The van der Waals surface area contributed by atoms with E-state index in [1.54, 1.807) is 11.3 Å². The maximum Gasteiger partial charge on any atom is 0.107 e. The van der Waals surface area contributed by atoms with Gasteiger partial charge in [0, 0.05) is 29.2 Å². The Labute approximate surface area is 115 Å². The molecule has 0 amide bonds. The fraction of sp³-hybridized carbons (Fsp3) is 0.786. The van der Waals surface area contributed by atoms with Crippen molar-refractivity contribution in [3.8, 4) is 0 Å². The molecule has 2 rings (SSSR count). The van der Waals surface area contributed by atoms with Gasteiger partial charge in [0.2, 0.25) is 0 Å². The number of nitrogens with one attached hydrogen (secondary N) is 1. The minimum atomic E-state index is 0.247. The Morgan fingerprint density at radius 3 is 3.00 bits per heavy atom. The van der Waals surface area contributed by atoms with Gasteiger partial charge in [0.25, 0.3) is 0 Å². The molecule has 1 aliphatic heterocycles. The van der Waals surface area contributed by atoms with Crippen LogP contribution in [0.1, 0.15) is 44.3 Å². The summed E-state index contributed by atoms with van der Waals surface area (Å²) in [5.74, 6) is 0. The maximum absolute atomic E-state index is 4.60. The number of rotatable bonds is 3. The normalized spacial score (nSPS) is 30.3. The van der Waals surface area contributed by atoms with Crippen molar-refractivity contribution in [2.45, 2.75) is 58.7 Å². The second-order valence-electron chi connectivity index (χ2n) is 5.77. The smallest absolute Gasteiger partial charge is 0.107 e. The Kier molecular flexibility index (Phi) is 4.41. The highest BCUT2D eigenvalue weighted by molar-refractivity contribution is 7.09. The molecule has 1 N–H and O–H groups in total. The molecule has 2 heterocycles. The van der Waals surface area contributed by atoms with Crippen molar-refractivity contribution >= 4 is 11.3 Å².